The van der Waals surface area contributed by atoms with Gasteiger partial charge in [-0.05, 0) is 196 Å². The molecule has 0 spiro atoms. The van der Waals surface area contributed by atoms with Gasteiger partial charge in [0.15, 0.2) is 17.5 Å². The molecule has 0 radical (unpaired) electrons. The van der Waals surface area contributed by atoms with E-state index in [1.165, 1.54) is 44.5 Å². The van der Waals surface area contributed by atoms with Crippen LogP contribution in [0, 0.1) is 39.0 Å². The third kappa shape index (κ3) is 9.63. The summed E-state index contributed by atoms with van der Waals surface area (Å²) in [6.45, 7) is 8.75. The van der Waals surface area contributed by atoms with Gasteiger partial charge in [0.05, 0.1) is 39.4 Å². The molecule has 6 heteroatoms. The topological polar surface area (TPSA) is 72.3 Å². The lowest BCUT2D eigenvalue weighted by atomic mass is 9.91. The summed E-state index contributed by atoms with van der Waals surface area (Å²) in [5.41, 5.74) is 27.1. The molecule has 0 saturated heterocycles. The molecule has 0 unspecified atom stereocenters. The van der Waals surface area contributed by atoms with E-state index in [9.17, 15) is 5.26 Å². The minimum atomic E-state index is 0.522. The number of nitriles is 1. The molecule has 16 rings (SSSR count). The van der Waals surface area contributed by atoms with E-state index in [1.807, 2.05) is 60.7 Å². The van der Waals surface area contributed by atoms with Crippen molar-refractivity contribution >= 4 is 43.6 Å². The van der Waals surface area contributed by atoms with Crippen LogP contribution in [0.1, 0.15) is 27.8 Å². The summed E-state index contributed by atoms with van der Waals surface area (Å²) in [4.78, 5) is 16.2. The van der Waals surface area contributed by atoms with Crippen LogP contribution < -0.4 is 0 Å². The van der Waals surface area contributed by atoms with Gasteiger partial charge in [-0.2, -0.15) is 5.26 Å². The Kier molecular flexibility index (Phi) is 13.7. The summed E-state index contributed by atoms with van der Waals surface area (Å²) >= 11 is 0. The lowest BCUT2D eigenvalue weighted by Crippen LogP contribution is -2.04. The number of benzene rings is 13. The number of aromatic nitrogens is 5. The van der Waals surface area contributed by atoms with Crippen molar-refractivity contribution in [3.8, 4) is 118 Å². The smallest absolute Gasteiger partial charge is 0.164 e. The molecule has 92 heavy (non-hydrogen) atoms. The van der Waals surface area contributed by atoms with Crippen molar-refractivity contribution < 1.29 is 0 Å². The van der Waals surface area contributed by atoms with Crippen molar-refractivity contribution in [3.63, 3.8) is 0 Å². The van der Waals surface area contributed by atoms with Crippen LogP contribution in [0.3, 0.4) is 0 Å². The first-order chi connectivity index (χ1) is 45.2. The van der Waals surface area contributed by atoms with Crippen LogP contribution in [0.25, 0.3) is 156 Å². The van der Waals surface area contributed by atoms with Gasteiger partial charge in [0, 0.05) is 49.5 Å². The van der Waals surface area contributed by atoms with E-state index in [4.69, 9.17) is 15.0 Å². The lowest BCUT2D eigenvalue weighted by molar-refractivity contribution is 1.07. The molecule has 16 aromatic rings. The third-order valence-electron chi connectivity index (χ3n) is 18.4. The van der Waals surface area contributed by atoms with E-state index < -0.39 is 0 Å². The second kappa shape index (κ2) is 22.8. The molecule has 3 heterocycles. The Morgan fingerprint density at radius 1 is 0.261 bits per heavy atom. The van der Waals surface area contributed by atoms with Crippen LogP contribution in [0.4, 0.5) is 0 Å². The molecule has 0 saturated carbocycles. The molecule has 13 aromatic carbocycles. The maximum atomic E-state index is 10.8. The van der Waals surface area contributed by atoms with Crippen LogP contribution in [0.2, 0.25) is 0 Å². The van der Waals surface area contributed by atoms with Gasteiger partial charge in [0.2, 0.25) is 0 Å². The minimum absolute atomic E-state index is 0.522. The van der Waals surface area contributed by atoms with Crippen LogP contribution in [-0.4, -0.2) is 24.1 Å². The van der Waals surface area contributed by atoms with Crippen molar-refractivity contribution in [1.29, 1.82) is 5.26 Å². The molecular weight excluding hydrogens is 1120 g/mol. The van der Waals surface area contributed by atoms with Crippen molar-refractivity contribution in [2.75, 3.05) is 0 Å². The molecule has 0 fully saturated rings. The van der Waals surface area contributed by atoms with Crippen LogP contribution in [0.15, 0.2) is 291 Å². The highest BCUT2D eigenvalue weighted by molar-refractivity contribution is 6.14. The Labute approximate surface area is 535 Å². The second-order valence-corrected chi connectivity index (χ2v) is 24.0. The number of nitrogens with zero attached hydrogens (tertiary/aromatic N) is 6. The molecule has 0 amide bonds. The van der Waals surface area contributed by atoms with Gasteiger partial charge in [-0.1, -0.05) is 206 Å². The Morgan fingerprint density at radius 3 is 1.04 bits per heavy atom. The second-order valence-electron chi connectivity index (χ2n) is 24.0. The maximum absolute atomic E-state index is 10.8. The zero-order chi connectivity index (χ0) is 62.0. The summed E-state index contributed by atoms with van der Waals surface area (Å²) in [5.74, 6) is 1.65. The molecule has 0 N–H and O–H groups in total. The highest BCUT2D eigenvalue weighted by Gasteiger charge is 2.25. The predicted octanol–water partition coefficient (Wildman–Crippen LogP) is 22.2. The van der Waals surface area contributed by atoms with Crippen LogP contribution in [-0.2, 0) is 0 Å². The fourth-order valence-electron chi connectivity index (χ4n) is 13.8. The highest BCUT2D eigenvalue weighted by atomic mass is 15.0. The molecule has 434 valence electrons. The highest BCUT2D eigenvalue weighted by Crippen LogP contribution is 2.46. The lowest BCUT2D eigenvalue weighted by Gasteiger charge is -2.20. The average molecular weight is 1180 g/mol. The Balaban J connectivity index is 1.03. The summed E-state index contributed by atoms with van der Waals surface area (Å²) in [6, 6.07) is 107. The van der Waals surface area contributed by atoms with Crippen LogP contribution in [0.5, 0.6) is 0 Å². The van der Waals surface area contributed by atoms with Gasteiger partial charge < -0.3 is 9.13 Å². The summed E-state index contributed by atoms with van der Waals surface area (Å²) in [7, 11) is 0. The van der Waals surface area contributed by atoms with E-state index in [1.54, 1.807) is 0 Å². The quantitative estimate of drug-likeness (QED) is 0.129. The first-order valence-electron chi connectivity index (χ1n) is 31.3. The average Bonchev–Trinajstić information content (AvgIpc) is 1.28. The number of rotatable bonds is 11. The van der Waals surface area contributed by atoms with E-state index in [2.05, 4.69) is 273 Å². The van der Waals surface area contributed by atoms with Gasteiger partial charge in [-0.3, -0.25) is 0 Å². The summed E-state index contributed by atoms with van der Waals surface area (Å²) < 4.78 is 4.87. The normalized spacial score (nSPS) is 11.5. The summed E-state index contributed by atoms with van der Waals surface area (Å²) in [6.07, 6.45) is 0. The fourth-order valence-corrected chi connectivity index (χ4v) is 13.8. The van der Waals surface area contributed by atoms with Crippen molar-refractivity contribution in [1.82, 2.24) is 24.1 Å². The van der Waals surface area contributed by atoms with E-state index in [-0.39, 0.29) is 0 Å². The largest absolute Gasteiger partial charge is 0.309 e. The van der Waals surface area contributed by atoms with E-state index in [0.29, 0.717) is 23.0 Å². The number of hydrogen-bond donors (Lipinski definition) is 0. The molecule has 0 aliphatic heterocycles. The zero-order valence-corrected chi connectivity index (χ0v) is 51.4. The monoisotopic (exact) mass is 1180 g/mol. The van der Waals surface area contributed by atoms with Gasteiger partial charge in [0.1, 0.15) is 0 Å². The molecular formula is C86H60N6. The zero-order valence-electron chi connectivity index (χ0n) is 51.4. The van der Waals surface area contributed by atoms with Gasteiger partial charge in [-0.15, -0.1) is 0 Å². The minimum Gasteiger partial charge on any atom is -0.309 e. The van der Waals surface area contributed by atoms with Crippen LogP contribution >= 0.6 is 0 Å². The number of fused-ring (bicyclic) bond motifs is 6. The maximum Gasteiger partial charge on any atom is 0.164 e. The van der Waals surface area contributed by atoms with Crippen molar-refractivity contribution in [2.24, 2.45) is 0 Å². The van der Waals surface area contributed by atoms with Gasteiger partial charge >= 0.3 is 0 Å². The third-order valence-corrected chi connectivity index (χ3v) is 18.4. The molecule has 0 aliphatic rings. The Hall–Kier alpha value is -12.0. The van der Waals surface area contributed by atoms with Gasteiger partial charge in [-0.25, -0.2) is 15.0 Å². The first kappa shape index (κ1) is 55.3. The fraction of sp³-hybridized carbons (Fsp3) is 0.0465. The molecule has 0 atom stereocenters. The number of aryl methyl sites for hydroxylation is 4. The standard InChI is InChI=1S/C86H60N6/c1-54-21-11-16-30-67(54)60-35-42-79-75(47-60)76-48-61(68-31-17-12-22-55(68)2)36-43-80(76)91(79)66-40-41-72(86-89-84(58-25-7-5-8-26-58)88-85(90-86)59-27-9-6-10-28-59)73(52-66)74-51-64(71-34-20-15-29-65(71)53-87)39-46-81(74)92-82-44-37-62(69-32-18-13-23-56(69)3)49-77(82)78-50-63(38-45-83(78)92)70-33-19-14-24-57(70)4/h5-52H,1-4H3. The van der Waals surface area contributed by atoms with Crippen molar-refractivity contribution in [3.05, 3.63) is 319 Å². The summed E-state index contributed by atoms with van der Waals surface area (Å²) in [5, 5.41) is 15.4. The first-order valence-corrected chi connectivity index (χ1v) is 31.3. The van der Waals surface area contributed by atoms with E-state index >= 15 is 0 Å². The van der Waals surface area contributed by atoms with Gasteiger partial charge in [0.25, 0.3) is 0 Å². The SMILES string of the molecule is Cc1ccccc1-c1ccc2c(c1)c1cc(-c3ccccc3C)ccc1n2-c1ccc(-c2nc(-c3ccccc3)nc(-c3ccccc3)n2)c(-c2cc(-c3ccccc3C#N)ccc2-n2c3ccc(-c4ccccc4C)cc3c3cc(-c4ccccc4C)ccc32)c1. The number of hydrogen-bond acceptors (Lipinski definition) is 4. The molecule has 6 nitrogen and oxygen atoms in total. The molecule has 0 aliphatic carbocycles. The Morgan fingerprint density at radius 2 is 0.620 bits per heavy atom. The van der Waals surface area contributed by atoms with Crippen molar-refractivity contribution in [2.45, 2.75) is 27.7 Å². The van der Waals surface area contributed by atoms with E-state index in [0.717, 1.165) is 116 Å². The molecule has 0 bridgehead atoms. The predicted molar refractivity (Wildman–Crippen MR) is 381 cm³/mol. The molecule has 3 aromatic heterocycles. The Bertz CT molecular complexity index is 5380.